The van der Waals surface area contributed by atoms with Crippen LogP contribution in [0.5, 0.6) is 0 Å². The number of esters is 2. The van der Waals surface area contributed by atoms with Crippen LogP contribution in [-0.4, -0.2) is 35.1 Å². The van der Waals surface area contributed by atoms with E-state index in [1.165, 1.54) is 12.4 Å². The fourth-order valence-electron chi connectivity index (χ4n) is 1.76. The highest BCUT2D eigenvalue weighted by Crippen LogP contribution is 2.15. The van der Waals surface area contributed by atoms with Crippen LogP contribution in [0.2, 0.25) is 0 Å². The van der Waals surface area contributed by atoms with Gasteiger partial charge in [0.05, 0.1) is 35.7 Å². The van der Waals surface area contributed by atoms with Crippen LogP contribution in [0.4, 0.5) is 0 Å². The third kappa shape index (κ3) is 3.66. The summed E-state index contributed by atoms with van der Waals surface area (Å²) in [5.41, 5.74) is 1.97. The molecule has 0 amide bonds. The maximum absolute atomic E-state index is 11.5. The molecular weight excluding hydrogens is 284 g/mol. The average molecular weight is 300 g/mol. The Morgan fingerprint density at radius 2 is 1.23 bits per heavy atom. The SMILES string of the molecule is CCOC(=O)c1ccc(-c2ccc(C(=O)OCC)cn2)nc1. The van der Waals surface area contributed by atoms with E-state index >= 15 is 0 Å². The second-order valence-corrected chi connectivity index (χ2v) is 4.31. The van der Waals surface area contributed by atoms with Crippen LogP contribution < -0.4 is 0 Å². The quantitative estimate of drug-likeness (QED) is 0.789. The molecule has 2 heterocycles. The second-order valence-electron chi connectivity index (χ2n) is 4.31. The monoisotopic (exact) mass is 300 g/mol. The molecule has 2 aromatic rings. The van der Waals surface area contributed by atoms with Gasteiger partial charge in [0.2, 0.25) is 0 Å². The highest BCUT2D eigenvalue weighted by atomic mass is 16.5. The van der Waals surface area contributed by atoms with Gasteiger partial charge in [-0.15, -0.1) is 0 Å². The van der Waals surface area contributed by atoms with Gasteiger partial charge in [-0.2, -0.15) is 0 Å². The zero-order valence-corrected chi connectivity index (χ0v) is 12.4. The standard InChI is InChI=1S/C16H16N2O4/c1-3-21-15(19)11-5-7-13(17-9-11)14-8-6-12(10-18-14)16(20)22-4-2/h5-10H,3-4H2,1-2H3. The summed E-state index contributed by atoms with van der Waals surface area (Å²) in [6.07, 6.45) is 2.88. The third-order valence-electron chi connectivity index (χ3n) is 2.81. The molecule has 0 radical (unpaired) electrons. The fourth-order valence-corrected chi connectivity index (χ4v) is 1.76. The third-order valence-corrected chi connectivity index (χ3v) is 2.81. The van der Waals surface area contributed by atoms with E-state index in [9.17, 15) is 9.59 Å². The van der Waals surface area contributed by atoms with E-state index in [0.29, 0.717) is 35.7 Å². The zero-order valence-electron chi connectivity index (χ0n) is 12.4. The Labute approximate surface area is 128 Å². The average Bonchev–Trinajstić information content (AvgIpc) is 2.55. The van der Waals surface area contributed by atoms with Crippen LogP contribution in [0.3, 0.4) is 0 Å². The number of hydrogen-bond donors (Lipinski definition) is 0. The van der Waals surface area contributed by atoms with E-state index in [4.69, 9.17) is 9.47 Å². The van der Waals surface area contributed by atoms with Gasteiger partial charge in [0, 0.05) is 12.4 Å². The number of rotatable bonds is 5. The summed E-state index contributed by atoms with van der Waals surface area (Å²) in [5, 5.41) is 0. The number of hydrogen-bond acceptors (Lipinski definition) is 6. The molecule has 0 aliphatic carbocycles. The second kappa shape index (κ2) is 7.31. The Balaban J connectivity index is 2.15. The van der Waals surface area contributed by atoms with Crippen molar-refractivity contribution in [2.24, 2.45) is 0 Å². The molecule has 2 rings (SSSR count). The predicted octanol–water partition coefficient (Wildman–Crippen LogP) is 2.50. The van der Waals surface area contributed by atoms with Gasteiger partial charge < -0.3 is 9.47 Å². The molecule has 2 aromatic heterocycles. The molecule has 0 saturated carbocycles. The van der Waals surface area contributed by atoms with Crippen LogP contribution in [0.1, 0.15) is 34.6 Å². The maximum atomic E-state index is 11.5. The maximum Gasteiger partial charge on any atom is 0.339 e. The largest absolute Gasteiger partial charge is 0.462 e. The predicted molar refractivity (Wildman–Crippen MR) is 79.4 cm³/mol. The molecule has 0 bridgehead atoms. The Hall–Kier alpha value is -2.76. The van der Waals surface area contributed by atoms with Gasteiger partial charge in [-0.3, -0.25) is 9.97 Å². The lowest BCUT2D eigenvalue weighted by Crippen LogP contribution is -2.06. The van der Waals surface area contributed by atoms with Crippen LogP contribution in [0, 0.1) is 0 Å². The van der Waals surface area contributed by atoms with Crippen LogP contribution in [-0.2, 0) is 9.47 Å². The van der Waals surface area contributed by atoms with E-state index in [1.54, 1.807) is 38.1 Å². The Bertz CT molecular complexity index is 591. The Morgan fingerprint density at radius 3 is 1.50 bits per heavy atom. The minimum atomic E-state index is -0.410. The normalized spacial score (nSPS) is 10.1. The minimum absolute atomic E-state index is 0.317. The summed E-state index contributed by atoms with van der Waals surface area (Å²) in [7, 11) is 0. The molecule has 6 heteroatoms. The van der Waals surface area contributed by atoms with Crippen LogP contribution >= 0.6 is 0 Å². The first-order valence-corrected chi connectivity index (χ1v) is 6.92. The summed E-state index contributed by atoms with van der Waals surface area (Å²) < 4.78 is 9.79. The number of nitrogens with zero attached hydrogens (tertiary/aromatic N) is 2. The summed E-state index contributed by atoms with van der Waals surface area (Å²) in [6.45, 7) is 4.12. The van der Waals surface area contributed by atoms with Crippen molar-refractivity contribution in [1.29, 1.82) is 0 Å². The van der Waals surface area contributed by atoms with E-state index < -0.39 is 11.9 Å². The van der Waals surface area contributed by atoms with Crippen LogP contribution in [0.15, 0.2) is 36.7 Å². The van der Waals surface area contributed by atoms with Crippen molar-refractivity contribution < 1.29 is 19.1 Å². The Kier molecular flexibility index (Phi) is 5.19. The van der Waals surface area contributed by atoms with Crippen LogP contribution in [0.25, 0.3) is 11.4 Å². The van der Waals surface area contributed by atoms with Gasteiger partial charge in [0.15, 0.2) is 0 Å². The lowest BCUT2D eigenvalue weighted by molar-refractivity contribution is 0.0516. The van der Waals surface area contributed by atoms with Crippen molar-refractivity contribution in [3.8, 4) is 11.4 Å². The van der Waals surface area contributed by atoms with Gasteiger partial charge in [-0.05, 0) is 38.1 Å². The molecule has 0 fully saturated rings. The summed E-state index contributed by atoms with van der Waals surface area (Å²) in [6, 6.07) is 6.61. The first-order valence-electron chi connectivity index (χ1n) is 6.92. The van der Waals surface area contributed by atoms with Crippen molar-refractivity contribution in [2.45, 2.75) is 13.8 Å². The lowest BCUT2D eigenvalue weighted by atomic mass is 10.2. The zero-order chi connectivity index (χ0) is 15.9. The summed E-state index contributed by atoms with van der Waals surface area (Å²) in [5.74, 6) is -0.820. The Morgan fingerprint density at radius 1 is 0.818 bits per heavy atom. The van der Waals surface area contributed by atoms with Crippen molar-refractivity contribution in [3.63, 3.8) is 0 Å². The molecule has 0 aliphatic heterocycles. The molecule has 114 valence electrons. The molecule has 0 atom stereocenters. The smallest absolute Gasteiger partial charge is 0.339 e. The molecule has 22 heavy (non-hydrogen) atoms. The highest BCUT2D eigenvalue weighted by Gasteiger charge is 2.10. The molecule has 0 saturated heterocycles. The highest BCUT2D eigenvalue weighted by molar-refractivity contribution is 5.90. The first kappa shape index (κ1) is 15.6. The fraction of sp³-hybridized carbons (Fsp3) is 0.250. The van der Waals surface area contributed by atoms with E-state index in [2.05, 4.69) is 9.97 Å². The molecule has 0 unspecified atom stereocenters. The van der Waals surface area contributed by atoms with E-state index in [-0.39, 0.29) is 0 Å². The molecular formula is C16H16N2O4. The summed E-state index contributed by atoms with van der Waals surface area (Å²) in [4.78, 5) is 31.5. The topological polar surface area (TPSA) is 78.4 Å². The van der Waals surface area contributed by atoms with Gasteiger partial charge in [0.1, 0.15) is 0 Å². The van der Waals surface area contributed by atoms with Crippen molar-refractivity contribution in [1.82, 2.24) is 9.97 Å². The van der Waals surface area contributed by atoms with Crippen molar-refractivity contribution in [3.05, 3.63) is 47.8 Å². The van der Waals surface area contributed by atoms with E-state index in [1.807, 2.05) is 0 Å². The minimum Gasteiger partial charge on any atom is -0.462 e. The number of pyridine rings is 2. The number of aromatic nitrogens is 2. The van der Waals surface area contributed by atoms with Gasteiger partial charge in [-0.1, -0.05) is 0 Å². The molecule has 0 aromatic carbocycles. The molecule has 6 nitrogen and oxygen atoms in total. The summed E-state index contributed by atoms with van der Waals surface area (Å²) >= 11 is 0. The van der Waals surface area contributed by atoms with E-state index in [0.717, 1.165) is 0 Å². The molecule has 0 N–H and O–H groups in total. The lowest BCUT2D eigenvalue weighted by Gasteiger charge is -2.04. The number of carbonyl (C=O) groups is 2. The van der Waals surface area contributed by atoms with Gasteiger partial charge >= 0.3 is 11.9 Å². The molecule has 0 aliphatic rings. The first-order chi connectivity index (χ1) is 10.7. The van der Waals surface area contributed by atoms with Crippen molar-refractivity contribution in [2.75, 3.05) is 13.2 Å². The van der Waals surface area contributed by atoms with Gasteiger partial charge in [0.25, 0.3) is 0 Å². The number of carbonyl (C=O) groups excluding carboxylic acids is 2. The van der Waals surface area contributed by atoms with Crippen molar-refractivity contribution >= 4 is 11.9 Å². The van der Waals surface area contributed by atoms with Gasteiger partial charge in [-0.25, -0.2) is 9.59 Å². The number of ether oxygens (including phenoxy) is 2. The molecule has 0 spiro atoms.